The second kappa shape index (κ2) is 9.88. The van der Waals surface area contributed by atoms with E-state index in [1.54, 1.807) is 18.4 Å². The Morgan fingerprint density at radius 2 is 1.66 bits per heavy atom. The number of hydrogen-bond acceptors (Lipinski definition) is 11. The largest absolute Gasteiger partial charge is 0.467 e. The summed E-state index contributed by atoms with van der Waals surface area (Å²) in [6, 6.07) is 5.85. The lowest BCUT2D eigenvalue weighted by Gasteiger charge is -2.49. The zero-order valence-electron chi connectivity index (χ0n) is 22.2. The van der Waals surface area contributed by atoms with Crippen molar-refractivity contribution >= 4 is 28.0 Å². The molecule has 3 N–H and O–H groups in total. The average molecular weight is 534 g/mol. The van der Waals surface area contributed by atoms with Crippen LogP contribution in [-0.4, -0.2) is 80.4 Å². The Morgan fingerprint density at radius 3 is 2.21 bits per heavy atom. The Labute approximate surface area is 228 Å². The van der Waals surface area contributed by atoms with Gasteiger partial charge in [0.2, 0.25) is 0 Å². The number of nitrogens with two attached hydrogens (primary N) is 1. The fraction of sp³-hybridized carbons (Fsp3) is 0.630. The average Bonchev–Trinajstić information content (AvgIpc) is 3.67. The first kappa shape index (κ1) is 25.2. The summed E-state index contributed by atoms with van der Waals surface area (Å²) < 4.78 is 5.43. The molecule has 4 aliphatic heterocycles. The molecule has 11 heteroatoms. The van der Waals surface area contributed by atoms with E-state index in [0.717, 1.165) is 44.3 Å². The molecule has 2 atom stereocenters. The molecule has 0 amide bonds. The van der Waals surface area contributed by atoms with E-state index in [1.165, 1.54) is 30.8 Å². The maximum Gasteiger partial charge on any atom is 0.320 e. The third-order valence-electron chi connectivity index (χ3n) is 8.76. The first-order chi connectivity index (χ1) is 18.4. The van der Waals surface area contributed by atoms with Crippen LogP contribution >= 0.6 is 11.3 Å². The summed E-state index contributed by atoms with van der Waals surface area (Å²) in [6.45, 7) is 5.73. The number of nitrogens with one attached hydrogen (secondary N) is 1. The van der Waals surface area contributed by atoms with Gasteiger partial charge in [-0.15, -0.1) is 11.3 Å². The lowest BCUT2D eigenvalue weighted by Crippen LogP contribution is -2.59. The maximum atomic E-state index is 10.1. The van der Waals surface area contributed by atoms with Gasteiger partial charge in [-0.1, -0.05) is 0 Å². The van der Waals surface area contributed by atoms with Gasteiger partial charge in [0, 0.05) is 48.6 Å². The van der Waals surface area contributed by atoms with Gasteiger partial charge in [-0.3, -0.25) is 0 Å². The Bertz CT molecular complexity index is 1290. The summed E-state index contributed by atoms with van der Waals surface area (Å²) in [4.78, 5) is 17.1. The fourth-order valence-electron chi connectivity index (χ4n) is 6.89. The molecular formula is C27H35N9OS. The number of nitrogens with zero attached hydrogens (tertiary/aromatic N) is 7. The smallest absolute Gasteiger partial charge is 0.320 e. The highest BCUT2D eigenvalue weighted by Gasteiger charge is 2.52. The van der Waals surface area contributed by atoms with E-state index in [9.17, 15) is 10.5 Å². The standard InChI is InChI=1S/C22H24N8OS.C5H11N/c1-31-21-27-19(29-8-12-2-3-13(9-29)26-12)15(7-24)20(28-21)30-10-22(11-30)5-4-16-17(22)14(6-23)18(25)32-16;1-6-4-2-3-5-6/h12-13,26H,2-5,8-11,25H2,1H3;2-5H2,1H3. The number of anilines is 3. The molecule has 4 fully saturated rings. The van der Waals surface area contributed by atoms with E-state index in [0.29, 0.717) is 52.9 Å². The predicted octanol–water partition coefficient (Wildman–Crippen LogP) is 2.23. The van der Waals surface area contributed by atoms with E-state index in [1.807, 2.05) is 0 Å². The molecule has 2 unspecified atom stereocenters. The van der Waals surface area contributed by atoms with Crippen LogP contribution in [0.5, 0.6) is 6.01 Å². The molecule has 0 aromatic carbocycles. The SMILES string of the molecule is CN1CCCC1.COc1nc(N2CC3CCC(C2)N3)c(C#N)c(N2CC3(CCc4sc(N)c(C#N)c43)C2)n1. The van der Waals surface area contributed by atoms with Gasteiger partial charge < -0.3 is 30.5 Å². The topological polar surface area (TPSA) is 130 Å². The summed E-state index contributed by atoms with van der Waals surface area (Å²) in [5.74, 6) is 1.29. The molecule has 2 aromatic heterocycles. The number of nitrogen functional groups attached to an aromatic ring is 1. The van der Waals surface area contributed by atoms with Crippen molar-refractivity contribution in [3.63, 3.8) is 0 Å². The molecule has 6 heterocycles. The van der Waals surface area contributed by atoms with Crippen molar-refractivity contribution in [2.45, 2.75) is 56.0 Å². The van der Waals surface area contributed by atoms with Gasteiger partial charge in [0.05, 0.1) is 12.7 Å². The molecule has 5 aliphatic rings. The van der Waals surface area contributed by atoms with E-state index in [-0.39, 0.29) is 11.4 Å². The minimum atomic E-state index is -0.0895. The minimum Gasteiger partial charge on any atom is -0.467 e. The van der Waals surface area contributed by atoms with Gasteiger partial charge in [0.25, 0.3) is 0 Å². The van der Waals surface area contributed by atoms with Crippen LogP contribution in [0.3, 0.4) is 0 Å². The highest BCUT2D eigenvalue weighted by molar-refractivity contribution is 7.16. The zero-order chi connectivity index (χ0) is 26.4. The van der Waals surface area contributed by atoms with Gasteiger partial charge in [-0.05, 0) is 64.2 Å². The van der Waals surface area contributed by atoms with Gasteiger partial charge in [0.1, 0.15) is 22.7 Å². The van der Waals surface area contributed by atoms with Crippen molar-refractivity contribution in [1.29, 1.82) is 10.5 Å². The number of piperazine rings is 1. The van der Waals surface area contributed by atoms with Crippen molar-refractivity contribution < 1.29 is 4.74 Å². The first-order valence-electron chi connectivity index (χ1n) is 13.6. The number of aromatic nitrogens is 2. The van der Waals surface area contributed by atoms with E-state index in [4.69, 9.17) is 10.5 Å². The molecule has 2 bridgehead atoms. The summed E-state index contributed by atoms with van der Waals surface area (Å²) >= 11 is 1.54. The number of methoxy groups -OCH3 is 1. The van der Waals surface area contributed by atoms with Crippen LogP contribution in [0.15, 0.2) is 0 Å². The highest BCUT2D eigenvalue weighted by Crippen LogP contribution is 2.53. The van der Waals surface area contributed by atoms with Crippen LogP contribution in [0.1, 0.15) is 53.7 Å². The van der Waals surface area contributed by atoms with Crippen LogP contribution in [-0.2, 0) is 11.8 Å². The monoisotopic (exact) mass is 533 g/mol. The zero-order valence-corrected chi connectivity index (χ0v) is 23.0. The summed E-state index contributed by atoms with van der Waals surface area (Å²) in [6.07, 6.45) is 7.08. The molecule has 4 saturated heterocycles. The normalized spacial score (nSPS) is 24.8. The lowest BCUT2D eigenvalue weighted by molar-refractivity contribution is 0.323. The van der Waals surface area contributed by atoms with Crippen molar-refractivity contribution in [3.05, 3.63) is 21.6 Å². The molecule has 200 valence electrons. The predicted molar refractivity (Wildman–Crippen MR) is 148 cm³/mol. The summed E-state index contributed by atoms with van der Waals surface area (Å²) in [7, 11) is 3.73. The minimum absolute atomic E-state index is 0.0895. The molecule has 7 rings (SSSR count). The van der Waals surface area contributed by atoms with Crippen LogP contribution in [0.4, 0.5) is 16.6 Å². The number of fused-ring (bicyclic) bond motifs is 4. The molecule has 38 heavy (non-hydrogen) atoms. The number of ether oxygens (including phenoxy) is 1. The number of hydrogen-bond donors (Lipinski definition) is 2. The summed E-state index contributed by atoms with van der Waals surface area (Å²) in [5, 5.41) is 24.0. The third-order valence-corrected chi connectivity index (χ3v) is 9.84. The van der Waals surface area contributed by atoms with Crippen LogP contribution in [0.2, 0.25) is 0 Å². The number of aryl methyl sites for hydroxylation is 1. The maximum absolute atomic E-state index is 10.1. The first-order valence-corrected chi connectivity index (χ1v) is 14.4. The van der Waals surface area contributed by atoms with Gasteiger partial charge in [-0.2, -0.15) is 20.5 Å². The highest BCUT2D eigenvalue weighted by atomic mass is 32.1. The van der Waals surface area contributed by atoms with Gasteiger partial charge >= 0.3 is 6.01 Å². The van der Waals surface area contributed by atoms with Crippen LogP contribution in [0, 0.1) is 22.7 Å². The van der Waals surface area contributed by atoms with Gasteiger partial charge in [-0.25, -0.2) is 0 Å². The van der Waals surface area contributed by atoms with Gasteiger partial charge in [0.15, 0.2) is 11.6 Å². The molecule has 1 aliphatic carbocycles. The number of likely N-dealkylation sites (tertiary alicyclic amines) is 1. The van der Waals surface area contributed by atoms with Crippen molar-refractivity contribution in [3.8, 4) is 18.1 Å². The molecular weight excluding hydrogens is 498 g/mol. The van der Waals surface area contributed by atoms with Crippen molar-refractivity contribution in [2.24, 2.45) is 0 Å². The second-order valence-corrected chi connectivity index (χ2v) is 12.4. The fourth-order valence-corrected chi connectivity index (χ4v) is 8.03. The Balaban J connectivity index is 0.000000390. The second-order valence-electron chi connectivity index (χ2n) is 11.3. The Hall–Kier alpha value is -3.12. The Kier molecular flexibility index (Phi) is 6.55. The molecule has 10 nitrogen and oxygen atoms in total. The number of nitriles is 2. The number of rotatable bonds is 3. The number of thiophene rings is 1. The molecule has 2 aromatic rings. The van der Waals surface area contributed by atoms with Crippen LogP contribution in [0.25, 0.3) is 0 Å². The van der Waals surface area contributed by atoms with E-state index in [2.05, 4.69) is 49.2 Å². The van der Waals surface area contributed by atoms with E-state index >= 15 is 0 Å². The van der Waals surface area contributed by atoms with E-state index < -0.39 is 0 Å². The lowest BCUT2D eigenvalue weighted by atomic mass is 9.74. The third kappa shape index (κ3) is 4.23. The molecule has 0 saturated carbocycles. The molecule has 1 spiro atoms. The summed E-state index contributed by atoms with van der Waals surface area (Å²) in [5.41, 5.74) is 8.29. The van der Waals surface area contributed by atoms with Crippen molar-refractivity contribution in [1.82, 2.24) is 20.2 Å². The van der Waals surface area contributed by atoms with Crippen molar-refractivity contribution in [2.75, 3.05) is 69.0 Å². The molecule has 0 radical (unpaired) electrons. The quantitative estimate of drug-likeness (QED) is 0.606. The van der Waals surface area contributed by atoms with Crippen LogP contribution < -0.4 is 25.6 Å². The Morgan fingerprint density at radius 1 is 1.03 bits per heavy atom.